The average molecular weight is 574 g/mol. The molecule has 3 aromatic carbocycles. The van der Waals surface area contributed by atoms with Gasteiger partial charge in [-0.15, -0.1) is 0 Å². The molecule has 0 fully saturated rings. The first-order valence-corrected chi connectivity index (χ1v) is 11.8. The Bertz CT molecular complexity index is 1230. The molecule has 0 saturated carbocycles. The molecule has 10 heteroatoms. The molecule has 0 bridgehead atoms. The van der Waals surface area contributed by atoms with Crippen molar-refractivity contribution in [3.8, 4) is 0 Å². The lowest BCUT2D eigenvalue weighted by molar-refractivity contribution is -0.137. The number of carbonyl (C=O) groups excluding carboxylic acids is 1. The van der Waals surface area contributed by atoms with Gasteiger partial charge in [0.1, 0.15) is 6.54 Å². The van der Waals surface area contributed by atoms with Crippen LogP contribution in [-0.4, -0.2) is 20.9 Å². The van der Waals surface area contributed by atoms with E-state index in [0.717, 1.165) is 21.3 Å². The molecular weight excluding hydrogens is 556 g/mol. The van der Waals surface area contributed by atoms with Gasteiger partial charge in [-0.05, 0) is 83.6 Å². The van der Waals surface area contributed by atoms with Crippen LogP contribution in [0.3, 0.4) is 0 Å². The van der Waals surface area contributed by atoms with Crippen LogP contribution in [0.5, 0.6) is 0 Å². The molecule has 0 heterocycles. The molecule has 0 radical (unpaired) electrons. The summed E-state index contributed by atoms with van der Waals surface area (Å²) < 4.78 is 67.8. The zero-order chi connectivity index (χ0) is 23.5. The summed E-state index contributed by atoms with van der Waals surface area (Å²) in [5.74, 6) is -0.689. The van der Waals surface area contributed by atoms with Crippen LogP contribution in [0, 0.1) is 10.5 Å². The summed E-state index contributed by atoms with van der Waals surface area (Å²) in [4.78, 5) is 12.6. The van der Waals surface area contributed by atoms with Crippen molar-refractivity contribution in [2.45, 2.75) is 18.0 Å². The highest BCUT2D eigenvalue weighted by molar-refractivity contribution is 14.1. The van der Waals surface area contributed by atoms with Crippen molar-refractivity contribution >= 4 is 49.9 Å². The van der Waals surface area contributed by atoms with E-state index in [-0.39, 0.29) is 10.6 Å². The molecule has 1 amide bonds. The molecule has 0 unspecified atom stereocenters. The van der Waals surface area contributed by atoms with E-state index in [1.807, 2.05) is 6.07 Å². The first-order valence-electron chi connectivity index (χ1n) is 9.29. The number of hydrogen-bond donors (Lipinski definition) is 1. The van der Waals surface area contributed by atoms with Crippen molar-refractivity contribution in [3.05, 3.63) is 87.5 Å². The average Bonchev–Trinajstić information content (AvgIpc) is 2.74. The minimum Gasteiger partial charge on any atom is -0.324 e. The minimum atomic E-state index is -4.67. The molecule has 5 nitrogen and oxygen atoms in total. The van der Waals surface area contributed by atoms with E-state index < -0.39 is 34.2 Å². The molecule has 3 aromatic rings. The summed E-state index contributed by atoms with van der Waals surface area (Å²) in [6, 6.07) is 16.4. The lowest BCUT2D eigenvalue weighted by Crippen LogP contribution is -2.38. The molecule has 3 rings (SSSR count). The lowest BCUT2D eigenvalue weighted by Gasteiger charge is -2.25. The number of halogens is 4. The number of nitrogens with one attached hydrogen (secondary N) is 1. The molecule has 0 aliphatic heterocycles. The molecular formula is C22H18F3IN2O3S. The standard InChI is InChI=1S/C22H18F3IN2O3S/c1-15-12-17(26)10-11-20(15)27-21(29)14-28(32(30,31)19-8-3-2-4-9-19)18-7-5-6-16(13-18)22(23,24)25/h2-13H,14H2,1H3,(H,27,29). The van der Waals surface area contributed by atoms with E-state index in [4.69, 9.17) is 0 Å². The van der Waals surface area contributed by atoms with E-state index in [1.165, 1.54) is 30.3 Å². The number of nitrogens with zero attached hydrogens (tertiary/aromatic N) is 1. The Morgan fingerprint density at radius 3 is 2.31 bits per heavy atom. The van der Waals surface area contributed by atoms with Crippen molar-refractivity contribution in [1.82, 2.24) is 0 Å². The second kappa shape index (κ2) is 9.49. The quantitative estimate of drug-likeness (QED) is 0.399. The normalized spacial score (nSPS) is 11.8. The third-order valence-corrected chi connectivity index (χ3v) is 7.00. The van der Waals surface area contributed by atoms with Gasteiger partial charge in [0.25, 0.3) is 10.0 Å². The van der Waals surface area contributed by atoms with Gasteiger partial charge in [0, 0.05) is 9.26 Å². The number of aryl methyl sites for hydroxylation is 1. The van der Waals surface area contributed by atoms with Crippen LogP contribution in [0.4, 0.5) is 24.5 Å². The zero-order valence-electron chi connectivity index (χ0n) is 16.7. The summed E-state index contributed by atoms with van der Waals surface area (Å²) in [5.41, 5.74) is -0.0337. The van der Waals surface area contributed by atoms with Crippen molar-refractivity contribution in [3.63, 3.8) is 0 Å². The van der Waals surface area contributed by atoms with Gasteiger partial charge in [0.15, 0.2) is 0 Å². The molecule has 32 heavy (non-hydrogen) atoms. The third kappa shape index (κ3) is 5.60. The van der Waals surface area contributed by atoms with Crippen LogP contribution in [0.15, 0.2) is 77.7 Å². The van der Waals surface area contributed by atoms with Gasteiger partial charge >= 0.3 is 6.18 Å². The number of benzene rings is 3. The number of anilines is 2. The van der Waals surface area contributed by atoms with E-state index in [1.54, 1.807) is 25.1 Å². The van der Waals surface area contributed by atoms with Crippen LogP contribution < -0.4 is 9.62 Å². The van der Waals surface area contributed by atoms with Crippen molar-refractivity contribution < 1.29 is 26.4 Å². The van der Waals surface area contributed by atoms with Gasteiger partial charge in [-0.1, -0.05) is 24.3 Å². The summed E-state index contributed by atoms with van der Waals surface area (Å²) in [6.07, 6.45) is -4.67. The molecule has 0 spiro atoms. The molecule has 1 N–H and O–H groups in total. The van der Waals surface area contributed by atoms with Gasteiger partial charge < -0.3 is 5.32 Å². The van der Waals surface area contributed by atoms with Crippen molar-refractivity contribution in [2.75, 3.05) is 16.2 Å². The maximum Gasteiger partial charge on any atom is 0.416 e. The van der Waals surface area contributed by atoms with Gasteiger partial charge in [-0.3, -0.25) is 9.10 Å². The van der Waals surface area contributed by atoms with Gasteiger partial charge in [0.2, 0.25) is 5.91 Å². The highest BCUT2D eigenvalue weighted by Gasteiger charge is 2.33. The lowest BCUT2D eigenvalue weighted by atomic mass is 10.2. The van der Waals surface area contributed by atoms with Crippen LogP contribution in [0.1, 0.15) is 11.1 Å². The van der Waals surface area contributed by atoms with Crippen LogP contribution >= 0.6 is 22.6 Å². The minimum absolute atomic E-state index is 0.143. The fourth-order valence-corrected chi connectivity index (χ4v) is 5.04. The van der Waals surface area contributed by atoms with E-state index in [9.17, 15) is 26.4 Å². The topological polar surface area (TPSA) is 66.5 Å². The summed E-state index contributed by atoms with van der Waals surface area (Å²) >= 11 is 2.12. The Morgan fingerprint density at radius 1 is 1.00 bits per heavy atom. The van der Waals surface area contributed by atoms with Gasteiger partial charge in [0.05, 0.1) is 16.1 Å². The summed E-state index contributed by atoms with van der Waals surface area (Å²) in [6.45, 7) is 1.08. The van der Waals surface area contributed by atoms with E-state index in [2.05, 4.69) is 27.9 Å². The van der Waals surface area contributed by atoms with Crippen LogP contribution in [-0.2, 0) is 21.0 Å². The van der Waals surface area contributed by atoms with Crippen molar-refractivity contribution in [2.24, 2.45) is 0 Å². The maximum atomic E-state index is 13.3. The number of rotatable bonds is 6. The van der Waals surface area contributed by atoms with E-state index >= 15 is 0 Å². The Labute approximate surface area is 197 Å². The maximum absolute atomic E-state index is 13.3. The monoisotopic (exact) mass is 574 g/mol. The second-order valence-corrected chi connectivity index (χ2v) is 9.99. The van der Waals surface area contributed by atoms with E-state index in [0.29, 0.717) is 16.1 Å². The first-order chi connectivity index (χ1) is 15.0. The Morgan fingerprint density at radius 2 is 1.69 bits per heavy atom. The molecule has 168 valence electrons. The second-order valence-electron chi connectivity index (χ2n) is 6.88. The zero-order valence-corrected chi connectivity index (χ0v) is 19.7. The number of sulfonamides is 1. The summed E-state index contributed by atoms with van der Waals surface area (Å²) in [5, 5.41) is 2.64. The number of carbonyl (C=O) groups is 1. The SMILES string of the molecule is Cc1cc(I)ccc1NC(=O)CN(c1cccc(C(F)(F)F)c1)S(=O)(=O)c1ccccc1. The third-order valence-electron chi connectivity index (χ3n) is 4.54. The Balaban J connectivity index is 2.00. The molecule has 0 saturated heterocycles. The number of alkyl halides is 3. The first kappa shape index (κ1) is 24.1. The van der Waals surface area contributed by atoms with Crippen molar-refractivity contribution in [1.29, 1.82) is 0 Å². The number of amides is 1. The Hall–Kier alpha value is -2.60. The predicted molar refractivity (Wildman–Crippen MR) is 125 cm³/mol. The molecule has 0 aliphatic rings. The highest BCUT2D eigenvalue weighted by Crippen LogP contribution is 2.33. The smallest absolute Gasteiger partial charge is 0.324 e. The van der Waals surface area contributed by atoms with Crippen LogP contribution in [0.25, 0.3) is 0 Å². The largest absolute Gasteiger partial charge is 0.416 e. The highest BCUT2D eigenvalue weighted by atomic mass is 127. The predicted octanol–water partition coefficient (Wildman–Crippen LogP) is 5.45. The molecule has 0 aromatic heterocycles. The van der Waals surface area contributed by atoms with Gasteiger partial charge in [-0.25, -0.2) is 8.42 Å². The fraction of sp³-hybridized carbons (Fsp3) is 0.136. The van der Waals surface area contributed by atoms with Crippen LogP contribution in [0.2, 0.25) is 0 Å². The van der Waals surface area contributed by atoms with Gasteiger partial charge in [-0.2, -0.15) is 13.2 Å². The summed E-state index contributed by atoms with van der Waals surface area (Å²) in [7, 11) is -4.32. The molecule has 0 atom stereocenters. The molecule has 0 aliphatic carbocycles. The number of hydrogen-bond acceptors (Lipinski definition) is 3. The Kier molecular flexibility index (Phi) is 7.13. The fourth-order valence-electron chi connectivity index (χ4n) is 2.96.